The van der Waals surface area contributed by atoms with Gasteiger partial charge in [0.1, 0.15) is 5.75 Å². The maximum atomic E-state index is 12.7. The molecule has 3 rings (SSSR count). The highest BCUT2D eigenvalue weighted by molar-refractivity contribution is 5.83. The SMILES string of the molecule is COc1ccnc(NNC(=O)C(Oc2ccccc2)c2ccccc2)n1. The average Bonchev–Trinajstić information content (AvgIpc) is 2.72. The van der Waals surface area contributed by atoms with Crippen LogP contribution in [-0.4, -0.2) is 23.0 Å². The molecule has 0 saturated heterocycles. The van der Waals surface area contributed by atoms with Gasteiger partial charge >= 0.3 is 0 Å². The van der Waals surface area contributed by atoms with Crippen LogP contribution in [0.15, 0.2) is 72.9 Å². The van der Waals surface area contributed by atoms with Crippen molar-refractivity contribution < 1.29 is 14.3 Å². The molecule has 1 amide bonds. The lowest BCUT2D eigenvalue weighted by Crippen LogP contribution is -2.36. The van der Waals surface area contributed by atoms with Crippen molar-refractivity contribution in [1.82, 2.24) is 15.4 Å². The standard InChI is InChI=1S/C19H18N4O3/c1-25-16-12-13-20-19(21-16)23-22-18(24)17(14-8-4-2-5-9-14)26-15-10-6-3-7-11-15/h2-13,17H,1H3,(H,22,24)(H,20,21,23). The first kappa shape index (κ1) is 17.2. The van der Waals surface area contributed by atoms with Crippen LogP contribution in [0.1, 0.15) is 11.7 Å². The predicted octanol–water partition coefficient (Wildman–Crippen LogP) is 2.75. The van der Waals surface area contributed by atoms with Crippen molar-refractivity contribution in [2.24, 2.45) is 0 Å². The molecule has 0 fully saturated rings. The second kappa shape index (κ2) is 8.48. The van der Waals surface area contributed by atoms with Crippen molar-refractivity contribution in [2.75, 3.05) is 12.5 Å². The van der Waals surface area contributed by atoms with Crippen LogP contribution in [0, 0.1) is 0 Å². The Kier molecular flexibility index (Phi) is 5.61. The molecule has 1 atom stereocenters. The second-order valence-corrected chi connectivity index (χ2v) is 5.26. The number of nitrogens with zero attached hydrogens (tertiary/aromatic N) is 2. The van der Waals surface area contributed by atoms with E-state index in [9.17, 15) is 4.79 Å². The number of benzene rings is 2. The molecule has 2 aromatic carbocycles. The Balaban J connectivity index is 1.74. The van der Waals surface area contributed by atoms with Gasteiger partial charge in [0.2, 0.25) is 17.9 Å². The van der Waals surface area contributed by atoms with E-state index in [0.717, 1.165) is 5.56 Å². The van der Waals surface area contributed by atoms with E-state index in [2.05, 4.69) is 20.8 Å². The topological polar surface area (TPSA) is 85.4 Å². The summed E-state index contributed by atoms with van der Waals surface area (Å²) in [6, 6.07) is 20.0. The summed E-state index contributed by atoms with van der Waals surface area (Å²) in [6.07, 6.45) is 0.687. The summed E-state index contributed by atoms with van der Waals surface area (Å²) in [4.78, 5) is 20.8. The van der Waals surface area contributed by atoms with Crippen LogP contribution in [0.5, 0.6) is 11.6 Å². The average molecular weight is 350 g/mol. The normalized spacial score (nSPS) is 11.3. The predicted molar refractivity (Wildman–Crippen MR) is 96.6 cm³/mol. The van der Waals surface area contributed by atoms with Gasteiger partial charge in [-0.2, -0.15) is 4.98 Å². The Morgan fingerprint density at radius 1 is 1.00 bits per heavy atom. The van der Waals surface area contributed by atoms with Gasteiger partial charge in [-0.05, 0) is 12.1 Å². The first-order valence-corrected chi connectivity index (χ1v) is 7.96. The van der Waals surface area contributed by atoms with Crippen molar-refractivity contribution in [3.63, 3.8) is 0 Å². The van der Waals surface area contributed by atoms with E-state index in [1.807, 2.05) is 48.5 Å². The zero-order chi connectivity index (χ0) is 18.2. The maximum Gasteiger partial charge on any atom is 0.284 e. The summed E-state index contributed by atoms with van der Waals surface area (Å²) in [6.45, 7) is 0. The lowest BCUT2D eigenvalue weighted by atomic mass is 10.1. The van der Waals surface area contributed by atoms with Crippen LogP contribution in [0.3, 0.4) is 0 Å². The van der Waals surface area contributed by atoms with Crippen LogP contribution in [0.2, 0.25) is 0 Å². The van der Waals surface area contributed by atoms with Crippen LogP contribution in [0.25, 0.3) is 0 Å². The van der Waals surface area contributed by atoms with E-state index in [0.29, 0.717) is 11.6 Å². The zero-order valence-corrected chi connectivity index (χ0v) is 14.1. The molecule has 0 saturated carbocycles. The third-order valence-electron chi connectivity index (χ3n) is 3.47. The van der Waals surface area contributed by atoms with E-state index in [1.54, 1.807) is 18.2 Å². The van der Waals surface area contributed by atoms with E-state index < -0.39 is 6.10 Å². The van der Waals surface area contributed by atoms with Gasteiger partial charge in [-0.15, -0.1) is 0 Å². The molecule has 0 aliphatic carbocycles. The molecule has 26 heavy (non-hydrogen) atoms. The first-order chi connectivity index (χ1) is 12.8. The van der Waals surface area contributed by atoms with Gasteiger partial charge in [-0.1, -0.05) is 48.5 Å². The van der Waals surface area contributed by atoms with E-state index in [1.165, 1.54) is 13.3 Å². The minimum absolute atomic E-state index is 0.212. The fourth-order valence-electron chi connectivity index (χ4n) is 2.24. The number of hydrogen-bond donors (Lipinski definition) is 2. The Morgan fingerprint density at radius 3 is 2.38 bits per heavy atom. The van der Waals surface area contributed by atoms with Crippen LogP contribution in [-0.2, 0) is 4.79 Å². The number of aromatic nitrogens is 2. The molecule has 0 bridgehead atoms. The molecule has 1 heterocycles. The lowest BCUT2D eigenvalue weighted by molar-refractivity contribution is -0.127. The van der Waals surface area contributed by atoms with Crippen LogP contribution in [0.4, 0.5) is 5.95 Å². The summed E-state index contributed by atoms with van der Waals surface area (Å²) in [5.41, 5.74) is 5.97. The second-order valence-electron chi connectivity index (χ2n) is 5.26. The third kappa shape index (κ3) is 4.47. The lowest BCUT2D eigenvalue weighted by Gasteiger charge is -2.19. The van der Waals surface area contributed by atoms with Crippen molar-refractivity contribution >= 4 is 11.9 Å². The van der Waals surface area contributed by atoms with Crippen molar-refractivity contribution in [1.29, 1.82) is 0 Å². The van der Waals surface area contributed by atoms with Gasteiger partial charge in [-0.25, -0.2) is 4.98 Å². The molecule has 0 aliphatic rings. The number of hydrazine groups is 1. The van der Waals surface area contributed by atoms with Gasteiger partial charge in [-0.3, -0.25) is 15.6 Å². The quantitative estimate of drug-likeness (QED) is 0.637. The van der Waals surface area contributed by atoms with Crippen LogP contribution >= 0.6 is 0 Å². The molecule has 7 heteroatoms. The minimum atomic E-state index is -0.836. The highest BCUT2D eigenvalue weighted by Crippen LogP contribution is 2.22. The number of carbonyl (C=O) groups is 1. The molecule has 0 aliphatic heterocycles. The summed E-state index contributed by atoms with van der Waals surface area (Å²) in [7, 11) is 1.50. The first-order valence-electron chi connectivity index (χ1n) is 7.96. The van der Waals surface area contributed by atoms with Gasteiger partial charge in [0, 0.05) is 17.8 Å². The van der Waals surface area contributed by atoms with E-state index in [4.69, 9.17) is 9.47 Å². The number of para-hydroxylation sites is 1. The van der Waals surface area contributed by atoms with Crippen molar-refractivity contribution in [3.8, 4) is 11.6 Å². The fourth-order valence-corrected chi connectivity index (χ4v) is 2.24. The number of nitrogens with one attached hydrogen (secondary N) is 2. The molecule has 1 unspecified atom stereocenters. The molecule has 2 N–H and O–H groups in total. The van der Waals surface area contributed by atoms with Gasteiger partial charge < -0.3 is 9.47 Å². The molecule has 3 aromatic rings. The minimum Gasteiger partial charge on any atom is -0.481 e. The Labute approximate surface area is 151 Å². The highest BCUT2D eigenvalue weighted by atomic mass is 16.5. The van der Waals surface area contributed by atoms with E-state index in [-0.39, 0.29) is 11.9 Å². The number of ether oxygens (including phenoxy) is 2. The summed E-state index contributed by atoms with van der Waals surface area (Å²) in [5, 5.41) is 0. The largest absolute Gasteiger partial charge is 0.481 e. The number of methoxy groups -OCH3 is 1. The monoisotopic (exact) mass is 350 g/mol. The Morgan fingerprint density at radius 2 is 1.69 bits per heavy atom. The molecule has 132 valence electrons. The van der Waals surface area contributed by atoms with Crippen LogP contribution < -0.4 is 20.3 Å². The fraction of sp³-hybridized carbons (Fsp3) is 0.105. The van der Waals surface area contributed by atoms with Crippen molar-refractivity contribution in [3.05, 3.63) is 78.5 Å². The highest BCUT2D eigenvalue weighted by Gasteiger charge is 2.22. The Bertz CT molecular complexity index is 844. The summed E-state index contributed by atoms with van der Waals surface area (Å²) < 4.78 is 10.9. The number of rotatable bonds is 7. The molecule has 7 nitrogen and oxygen atoms in total. The van der Waals surface area contributed by atoms with Gasteiger partial charge in [0.05, 0.1) is 7.11 Å². The van der Waals surface area contributed by atoms with E-state index >= 15 is 0 Å². The molecule has 0 spiro atoms. The maximum absolute atomic E-state index is 12.7. The number of hydrogen-bond acceptors (Lipinski definition) is 6. The number of carbonyl (C=O) groups excluding carboxylic acids is 1. The Hall–Kier alpha value is -3.61. The molecule has 1 aromatic heterocycles. The number of amides is 1. The van der Waals surface area contributed by atoms with Crippen molar-refractivity contribution in [2.45, 2.75) is 6.10 Å². The molecule has 0 radical (unpaired) electrons. The van der Waals surface area contributed by atoms with Gasteiger partial charge in [0.25, 0.3) is 5.91 Å². The van der Waals surface area contributed by atoms with Gasteiger partial charge in [0.15, 0.2) is 0 Å². The summed E-state index contributed by atoms with van der Waals surface area (Å²) in [5.74, 6) is 0.807. The zero-order valence-electron chi connectivity index (χ0n) is 14.1. The smallest absolute Gasteiger partial charge is 0.284 e. The number of anilines is 1. The molecular formula is C19H18N4O3. The molecular weight excluding hydrogens is 332 g/mol. The summed E-state index contributed by atoms with van der Waals surface area (Å²) >= 11 is 0. The third-order valence-corrected chi connectivity index (χ3v) is 3.47.